The summed E-state index contributed by atoms with van der Waals surface area (Å²) in [6.07, 6.45) is 7.43. The third-order valence-corrected chi connectivity index (χ3v) is 6.02. The van der Waals surface area contributed by atoms with Crippen molar-refractivity contribution in [3.05, 3.63) is 35.6 Å². The van der Waals surface area contributed by atoms with E-state index in [9.17, 15) is 4.39 Å². The molecule has 21 heavy (non-hydrogen) atoms. The Morgan fingerprint density at radius 2 is 1.67 bits per heavy atom. The molecule has 0 bridgehead atoms. The molecule has 0 radical (unpaired) electrons. The van der Waals surface area contributed by atoms with Gasteiger partial charge in [0.1, 0.15) is 5.82 Å². The average Bonchev–Trinajstić information content (AvgIpc) is 2.49. The zero-order valence-corrected chi connectivity index (χ0v) is 13.3. The zero-order chi connectivity index (χ0) is 14.9. The molecule has 0 amide bonds. The van der Waals surface area contributed by atoms with E-state index in [-0.39, 0.29) is 11.4 Å². The number of hydrogen-bond acceptors (Lipinski definition) is 2. The molecule has 1 aromatic rings. The Bertz CT molecular complexity index is 482. The van der Waals surface area contributed by atoms with Crippen LogP contribution in [0.2, 0.25) is 0 Å². The van der Waals surface area contributed by atoms with E-state index in [0.29, 0.717) is 5.41 Å². The third kappa shape index (κ3) is 2.74. The lowest BCUT2D eigenvalue weighted by atomic mass is 9.61. The molecule has 3 rings (SSSR count). The highest BCUT2D eigenvalue weighted by Gasteiger charge is 2.45. The minimum absolute atomic E-state index is 0.0121. The molecule has 1 aliphatic carbocycles. The molecule has 0 atom stereocenters. The van der Waals surface area contributed by atoms with E-state index in [1.165, 1.54) is 25.7 Å². The highest BCUT2D eigenvalue weighted by Crippen LogP contribution is 2.51. The molecule has 1 heterocycles. The molecule has 1 N–H and O–H groups in total. The average molecular weight is 290 g/mol. The highest BCUT2D eigenvalue weighted by molar-refractivity contribution is 5.26. The van der Waals surface area contributed by atoms with Crippen LogP contribution < -0.4 is 5.32 Å². The van der Waals surface area contributed by atoms with E-state index >= 15 is 0 Å². The smallest absolute Gasteiger partial charge is 0.123 e. The van der Waals surface area contributed by atoms with Gasteiger partial charge in [-0.3, -0.25) is 4.90 Å². The standard InChI is InChI=1S/C18H27FN2/c1-21(2)18(15-4-3-5-16(19)14-15)8-6-17(7-9-18)10-12-20-13-11-17/h3-5,14,20H,6-13H2,1-2H3. The lowest BCUT2D eigenvalue weighted by molar-refractivity contribution is 0.0187. The summed E-state index contributed by atoms with van der Waals surface area (Å²) in [7, 11) is 4.29. The van der Waals surface area contributed by atoms with Gasteiger partial charge in [-0.05, 0) is 88.8 Å². The molecule has 0 unspecified atom stereocenters. The fourth-order valence-electron chi connectivity index (χ4n) is 4.42. The molecule has 0 aromatic heterocycles. The minimum Gasteiger partial charge on any atom is -0.317 e. The largest absolute Gasteiger partial charge is 0.317 e. The second-order valence-electron chi connectivity index (χ2n) is 7.19. The van der Waals surface area contributed by atoms with Gasteiger partial charge >= 0.3 is 0 Å². The van der Waals surface area contributed by atoms with Gasteiger partial charge in [-0.2, -0.15) is 0 Å². The van der Waals surface area contributed by atoms with Gasteiger partial charge in [0.15, 0.2) is 0 Å². The van der Waals surface area contributed by atoms with Crippen LogP contribution in [0.25, 0.3) is 0 Å². The first kappa shape index (κ1) is 15.0. The molecular weight excluding hydrogens is 263 g/mol. The van der Waals surface area contributed by atoms with Gasteiger partial charge in [0, 0.05) is 5.54 Å². The highest BCUT2D eigenvalue weighted by atomic mass is 19.1. The molecule has 116 valence electrons. The number of piperidine rings is 1. The summed E-state index contributed by atoms with van der Waals surface area (Å²) < 4.78 is 13.7. The SMILES string of the molecule is CN(C)C1(c2cccc(F)c2)CCC2(CCNCC2)CC1. The van der Waals surface area contributed by atoms with Crippen LogP contribution in [-0.2, 0) is 5.54 Å². The van der Waals surface area contributed by atoms with Gasteiger partial charge in [0.2, 0.25) is 0 Å². The quantitative estimate of drug-likeness (QED) is 0.896. The summed E-state index contributed by atoms with van der Waals surface area (Å²) in [5, 5.41) is 3.48. The first-order chi connectivity index (χ1) is 10.1. The van der Waals surface area contributed by atoms with E-state index in [2.05, 4.69) is 30.4 Å². The van der Waals surface area contributed by atoms with Crippen molar-refractivity contribution in [3.8, 4) is 0 Å². The van der Waals surface area contributed by atoms with Crippen molar-refractivity contribution >= 4 is 0 Å². The van der Waals surface area contributed by atoms with Gasteiger partial charge in [-0.1, -0.05) is 12.1 Å². The lowest BCUT2D eigenvalue weighted by Gasteiger charge is -2.51. The second-order valence-corrected chi connectivity index (χ2v) is 7.19. The summed E-state index contributed by atoms with van der Waals surface area (Å²) >= 11 is 0. The van der Waals surface area contributed by atoms with Crippen LogP contribution in [0.4, 0.5) is 4.39 Å². The third-order valence-electron chi connectivity index (χ3n) is 6.02. The van der Waals surface area contributed by atoms with Crippen molar-refractivity contribution in [2.45, 2.75) is 44.1 Å². The first-order valence-corrected chi connectivity index (χ1v) is 8.21. The number of nitrogens with zero attached hydrogens (tertiary/aromatic N) is 1. The molecule has 2 aliphatic rings. The number of benzene rings is 1. The van der Waals surface area contributed by atoms with Crippen molar-refractivity contribution in [2.24, 2.45) is 5.41 Å². The minimum atomic E-state index is -0.115. The Labute approximate surface area is 127 Å². The fraction of sp³-hybridized carbons (Fsp3) is 0.667. The van der Waals surface area contributed by atoms with Crippen LogP contribution in [0.5, 0.6) is 0 Å². The maximum atomic E-state index is 13.7. The maximum absolute atomic E-state index is 13.7. The fourth-order valence-corrected chi connectivity index (χ4v) is 4.42. The van der Waals surface area contributed by atoms with Crippen LogP contribution in [0.15, 0.2) is 24.3 Å². The summed E-state index contributed by atoms with van der Waals surface area (Å²) in [6, 6.07) is 7.23. The van der Waals surface area contributed by atoms with E-state index in [0.717, 1.165) is 31.5 Å². The Balaban J connectivity index is 1.84. The monoisotopic (exact) mass is 290 g/mol. The van der Waals surface area contributed by atoms with Crippen LogP contribution in [0, 0.1) is 11.2 Å². The Kier molecular flexibility index (Phi) is 4.06. The second kappa shape index (κ2) is 5.69. The molecule has 1 aliphatic heterocycles. The molecule has 2 nitrogen and oxygen atoms in total. The van der Waals surface area contributed by atoms with E-state index in [1.54, 1.807) is 12.1 Å². The van der Waals surface area contributed by atoms with E-state index < -0.39 is 0 Å². The van der Waals surface area contributed by atoms with Crippen LogP contribution in [0.1, 0.15) is 44.1 Å². The zero-order valence-electron chi connectivity index (χ0n) is 13.3. The van der Waals surface area contributed by atoms with Gasteiger partial charge in [-0.15, -0.1) is 0 Å². The summed E-state index contributed by atoms with van der Waals surface area (Å²) in [4.78, 5) is 2.32. The predicted molar refractivity (Wildman–Crippen MR) is 84.8 cm³/mol. The lowest BCUT2D eigenvalue weighted by Crippen LogP contribution is -2.49. The number of rotatable bonds is 2. The predicted octanol–water partition coefficient (Wildman–Crippen LogP) is 3.53. The normalized spacial score (nSPS) is 24.4. The van der Waals surface area contributed by atoms with Crippen molar-refractivity contribution in [3.63, 3.8) is 0 Å². The number of halogens is 1. The van der Waals surface area contributed by atoms with Crippen molar-refractivity contribution in [1.82, 2.24) is 10.2 Å². The summed E-state index contributed by atoms with van der Waals surface area (Å²) in [6.45, 7) is 2.32. The maximum Gasteiger partial charge on any atom is 0.123 e. The topological polar surface area (TPSA) is 15.3 Å². The van der Waals surface area contributed by atoms with Gasteiger partial charge < -0.3 is 5.32 Å². The molecule has 3 heteroatoms. The molecule has 1 saturated heterocycles. The van der Waals surface area contributed by atoms with Gasteiger partial charge in [0.25, 0.3) is 0 Å². The van der Waals surface area contributed by atoms with Gasteiger partial charge in [-0.25, -0.2) is 4.39 Å². The Morgan fingerprint density at radius 1 is 1.00 bits per heavy atom. The molecule has 1 saturated carbocycles. The van der Waals surface area contributed by atoms with Crippen molar-refractivity contribution in [2.75, 3.05) is 27.2 Å². The Hall–Kier alpha value is -0.930. The molecule has 1 aromatic carbocycles. The van der Waals surface area contributed by atoms with Gasteiger partial charge in [0.05, 0.1) is 0 Å². The molecule has 2 fully saturated rings. The molecule has 1 spiro atoms. The van der Waals surface area contributed by atoms with Crippen LogP contribution in [-0.4, -0.2) is 32.1 Å². The molecular formula is C18H27FN2. The summed E-state index contributed by atoms with van der Waals surface area (Å²) in [5.74, 6) is -0.115. The van der Waals surface area contributed by atoms with Crippen LogP contribution >= 0.6 is 0 Å². The Morgan fingerprint density at radius 3 is 2.24 bits per heavy atom. The number of hydrogen-bond donors (Lipinski definition) is 1. The van der Waals surface area contributed by atoms with E-state index in [4.69, 9.17) is 0 Å². The first-order valence-electron chi connectivity index (χ1n) is 8.21. The van der Waals surface area contributed by atoms with Crippen LogP contribution in [0.3, 0.4) is 0 Å². The van der Waals surface area contributed by atoms with Crippen molar-refractivity contribution in [1.29, 1.82) is 0 Å². The van der Waals surface area contributed by atoms with E-state index in [1.807, 2.05) is 6.07 Å². The summed E-state index contributed by atoms with van der Waals surface area (Å²) in [5.41, 5.74) is 1.70. The van der Waals surface area contributed by atoms with Crippen molar-refractivity contribution < 1.29 is 4.39 Å². The number of nitrogens with one attached hydrogen (secondary N) is 1.